The summed E-state index contributed by atoms with van der Waals surface area (Å²) in [6.07, 6.45) is 3.78. The van der Waals surface area contributed by atoms with Gasteiger partial charge in [0, 0.05) is 13.7 Å². The van der Waals surface area contributed by atoms with E-state index in [1.54, 1.807) is 7.11 Å². The third-order valence-corrected chi connectivity index (χ3v) is 2.24. The molecule has 1 amide bonds. The van der Waals surface area contributed by atoms with Crippen LogP contribution in [-0.2, 0) is 14.3 Å². The maximum Gasteiger partial charge on any atom is 0.245 e. The van der Waals surface area contributed by atoms with Crippen molar-refractivity contribution in [3.8, 4) is 0 Å². The molecule has 0 aliphatic heterocycles. The molecule has 1 fully saturated rings. The summed E-state index contributed by atoms with van der Waals surface area (Å²) < 4.78 is 9.86. The van der Waals surface area contributed by atoms with Crippen molar-refractivity contribution in [2.75, 3.05) is 33.5 Å². The summed E-state index contributed by atoms with van der Waals surface area (Å²) in [5.74, 6) is 0.839. The predicted molar refractivity (Wildman–Crippen MR) is 53.0 cm³/mol. The van der Waals surface area contributed by atoms with E-state index in [9.17, 15) is 4.79 Å². The molecular weight excluding hydrogens is 182 g/mol. The maximum absolute atomic E-state index is 11.1. The number of rotatable bonds is 8. The van der Waals surface area contributed by atoms with Crippen LogP contribution in [-0.4, -0.2) is 39.4 Å². The first-order valence-electron chi connectivity index (χ1n) is 5.16. The molecule has 0 radical (unpaired) electrons. The highest BCUT2D eigenvalue weighted by Gasteiger charge is 2.20. The minimum Gasteiger partial charge on any atom is -0.382 e. The van der Waals surface area contributed by atoms with Gasteiger partial charge in [0.15, 0.2) is 0 Å². The second kappa shape index (κ2) is 6.79. The number of nitrogens with one attached hydrogen (secondary N) is 1. The first-order chi connectivity index (χ1) is 6.83. The molecule has 1 N–H and O–H groups in total. The van der Waals surface area contributed by atoms with Crippen LogP contribution in [0, 0.1) is 5.92 Å². The molecule has 1 rings (SSSR count). The van der Waals surface area contributed by atoms with Crippen molar-refractivity contribution >= 4 is 5.91 Å². The van der Waals surface area contributed by atoms with Gasteiger partial charge >= 0.3 is 0 Å². The van der Waals surface area contributed by atoms with Crippen LogP contribution in [0.1, 0.15) is 19.3 Å². The monoisotopic (exact) mass is 201 g/mol. The maximum atomic E-state index is 11.1. The molecule has 0 saturated heterocycles. The number of amides is 1. The number of hydrogen-bond acceptors (Lipinski definition) is 3. The van der Waals surface area contributed by atoms with Crippen molar-refractivity contribution in [2.45, 2.75) is 19.3 Å². The summed E-state index contributed by atoms with van der Waals surface area (Å²) in [5.41, 5.74) is 0. The molecule has 4 heteroatoms. The normalized spacial score (nSPS) is 15.5. The molecule has 0 heterocycles. The SMILES string of the molecule is COCCOCC(=O)NCCC1CC1. The van der Waals surface area contributed by atoms with Gasteiger partial charge in [-0.05, 0) is 12.3 Å². The van der Waals surface area contributed by atoms with Crippen molar-refractivity contribution in [3.05, 3.63) is 0 Å². The Kier molecular flexibility index (Phi) is 5.56. The summed E-state index contributed by atoms with van der Waals surface area (Å²) in [6.45, 7) is 1.95. The van der Waals surface area contributed by atoms with E-state index >= 15 is 0 Å². The summed E-state index contributed by atoms with van der Waals surface area (Å²) in [6, 6.07) is 0. The molecule has 0 unspecified atom stereocenters. The third kappa shape index (κ3) is 5.94. The summed E-state index contributed by atoms with van der Waals surface area (Å²) in [7, 11) is 1.61. The molecular formula is C10H19NO3. The van der Waals surface area contributed by atoms with E-state index in [1.165, 1.54) is 12.8 Å². The highest BCUT2D eigenvalue weighted by atomic mass is 16.5. The molecule has 0 spiro atoms. The lowest BCUT2D eigenvalue weighted by Crippen LogP contribution is -2.29. The Bertz CT molecular complexity index is 169. The Labute approximate surface area is 85.0 Å². The molecule has 1 aliphatic carbocycles. The van der Waals surface area contributed by atoms with E-state index in [2.05, 4.69) is 5.32 Å². The van der Waals surface area contributed by atoms with Gasteiger partial charge in [-0.1, -0.05) is 12.8 Å². The summed E-state index contributed by atoms with van der Waals surface area (Å²) in [5, 5.41) is 2.83. The van der Waals surface area contributed by atoms with E-state index in [1.807, 2.05) is 0 Å². The number of carbonyl (C=O) groups is 1. The average Bonchev–Trinajstić information content (AvgIpc) is 2.96. The zero-order valence-electron chi connectivity index (χ0n) is 8.75. The Morgan fingerprint density at radius 3 is 2.86 bits per heavy atom. The van der Waals surface area contributed by atoms with Crippen LogP contribution >= 0.6 is 0 Å². The van der Waals surface area contributed by atoms with Crippen LogP contribution in [0.5, 0.6) is 0 Å². The fourth-order valence-corrected chi connectivity index (χ4v) is 1.18. The van der Waals surface area contributed by atoms with Crippen LogP contribution in [0.15, 0.2) is 0 Å². The Morgan fingerprint density at radius 2 is 2.21 bits per heavy atom. The van der Waals surface area contributed by atoms with Crippen molar-refractivity contribution in [1.82, 2.24) is 5.32 Å². The quantitative estimate of drug-likeness (QED) is 0.584. The fourth-order valence-electron chi connectivity index (χ4n) is 1.18. The Morgan fingerprint density at radius 1 is 1.43 bits per heavy atom. The smallest absolute Gasteiger partial charge is 0.245 e. The van der Waals surface area contributed by atoms with Gasteiger partial charge < -0.3 is 14.8 Å². The second-order valence-electron chi connectivity index (χ2n) is 3.63. The Balaban J connectivity index is 1.82. The van der Waals surface area contributed by atoms with Crippen LogP contribution in [0.4, 0.5) is 0 Å². The molecule has 4 nitrogen and oxygen atoms in total. The minimum absolute atomic E-state index is 0.0262. The predicted octanol–water partition coefficient (Wildman–Crippen LogP) is 0.566. The van der Waals surface area contributed by atoms with Crippen molar-refractivity contribution in [1.29, 1.82) is 0 Å². The van der Waals surface area contributed by atoms with Gasteiger partial charge in [-0.25, -0.2) is 0 Å². The van der Waals surface area contributed by atoms with E-state index in [4.69, 9.17) is 9.47 Å². The molecule has 0 atom stereocenters. The van der Waals surface area contributed by atoms with Gasteiger partial charge in [0.05, 0.1) is 13.2 Å². The first kappa shape index (κ1) is 11.5. The Hall–Kier alpha value is -0.610. The van der Waals surface area contributed by atoms with Crippen molar-refractivity contribution in [2.24, 2.45) is 5.92 Å². The molecule has 0 aromatic rings. The second-order valence-corrected chi connectivity index (χ2v) is 3.63. The fraction of sp³-hybridized carbons (Fsp3) is 0.900. The van der Waals surface area contributed by atoms with E-state index in [0.29, 0.717) is 13.2 Å². The lowest BCUT2D eigenvalue weighted by atomic mass is 10.3. The van der Waals surface area contributed by atoms with Crippen LogP contribution in [0.3, 0.4) is 0 Å². The van der Waals surface area contributed by atoms with E-state index < -0.39 is 0 Å². The van der Waals surface area contributed by atoms with Crippen molar-refractivity contribution < 1.29 is 14.3 Å². The number of ether oxygens (including phenoxy) is 2. The highest BCUT2D eigenvalue weighted by Crippen LogP contribution is 2.31. The number of hydrogen-bond donors (Lipinski definition) is 1. The molecule has 14 heavy (non-hydrogen) atoms. The van der Waals surface area contributed by atoms with Gasteiger partial charge in [-0.2, -0.15) is 0 Å². The number of methoxy groups -OCH3 is 1. The van der Waals surface area contributed by atoms with E-state index in [-0.39, 0.29) is 12.5 Å². The standard InChI is InChI=1S/C10H19NO3/c1-13-6-7-14-8-10(12)11-5-4-9-2-3-9/h9H,2-8H2,1H3,(H,11,12). The zero-order chi connectivity index (χ0) is 10.2. The van der Waals surface area contributed by atoms with Crippen molar-refractivity contribution in [3.63, 3.8) is 0 Å². The average molecular weight is 201 g/mol. The lowest BCUT2D eigenvalue weighted by Gasteiger charge is -2.05. The molecule has 82 valence electrons. The zero-order valence-corrected chi connectivity index (χ0v) is 8.75. The molecule has 0 aromatic heterocycles. The molecule has 1 saturated carbocycles. The molecule has 1 aliphatic rings. The lowest BCUT2D eigenvalue weighted by molar-refractivity contribution is -0.126. The van der Waals surface area contributed by atoms with Gasteiger partial charge in [-0.3, -0.25) is 4.79 Å². The first-order valence-corrected chi connectivity index (χ1v) is 5.16. The summed E-state index contributed by atoms with van der Waals surface area (Å²) in [4.78, 5) is 11.1. The summed E-state index contributed by atoms with van der Waals surface area (Å²) >= 11 is 0. The highest BCUT2D eigenvalue weighted by molar-refractivity contribution is 5.77. The van der Waals surface area contributed by atoms with Crippen LogP contribution in [0.2, 0.25) is 0 Å². The van der Waals surface area contributed by atoms with Gasteiger partial charge in [0.1, 0.15) is 6.61 Å². The topological polar surface area (TPSA) is 47.6 Å². The van der Waals surface area contributed by atoms with Crippen LogP contribution < -0.4 is 5.32 Å². The van der Waals surface area contributed by atoms with E-state index in [0.717, 1.165) is 18.9 Å². The number of carbonyl (C=O) groups excluding carboxylic acids is 1. The third-order valence-electron chi connectivity index (χ3n) is 2.24. The molecule has 0 aromatic carbocycles. The van der Waals surface area contributed by atoms with Gasteiger partial charge in [0.2, 0.25) is 5.91 Å². The largest absolute Gasteiger partial charge is 0.382 e. The van der Waals surface area contributed by atoms with Gasteiger partial charge in [-0.15, -0.1) is 0 Å². The minimum atomic E-state index is -0.0262. The van der Waals surface area contributed by atoms with Gasteiger partial charge in [0.25, 0.3) is 0 Å². The molecule has 0 bridgehead atoms. The van der Waals surface area contributed by atoms with Crippen LogP contribution in [0.25, 0.3) is 0 Å².